The number of oxazole rings is 1. The van der Waals surface area contributed by atoms with Crippen LogP contribution >= 0.6 is 0 Å². The van der Waals surface area contributed by atoms with Crippen molar-refractivity contribution < 1.29 is 9.15 Å². The molecular weight excluding hydrogens is 338 g/mol. The molecule has 0 bridgehead atoms. The number of benzene rings is 2. The summed E-state index contributed by atoms with van der Waals surface area (Å²) in [5, 5.41) is 0. The lowest BCUT2D eigenvalue weighted by atomic mass is 9.86. The van der Waals surface area contributed by atoms with E-state index in [1.165, 1.54) is 11.3 Å². The average molecular weight is 365 g/mol. The van der Waals surface area contributed by atoms with Crippen LogP contribution in [0.15, 0.2) is 46.9 Å². The van der Waals surface area contributed by atoms with Crippen LogP contribution < -0.4 is 14.5 Å². The number of fused-ring (bicyclic) bond motifs is 1. The van der Waals surface area contributed by atoms with Crippen molar-refractivity contribution in [1.82, 2.24) is 4.98 Å². The zero-order valence-electron chi connectivity index (χ0n) is 16.5. The second-order valence-corrected chi connectivity index (χ2v) is 8.07. The molecule has 5 nitrogen and oxygen atoms in total. The first-order valence-electron chi connectivity index (χ1n) is 9.50. The summed E-state index contributed by atoms with van der Waals surface area (Å²) < 4.78 is 11.3. The Morgan fingerprint density at radius 3 is 2.22 bits per heavy atom. The van der Waals surface area contributed by atoms with Gasteiger partial charge in [-0.1, -0.05) is 32.9 Å². The molecule has 0 radical (unpaired) electrons. The molecule has 27 heavy (non-hydrogen) atoms. The van der Waals surface area contributed by atoms with E-state index in [4.69, 9.17) is 14.1 Å². The number of methoxy groups -OCH3 is 1. The van der Waals surface area contributed by atoms with Crippen molar-refractivity contribution in [3.8, 4) is 5.75 Å². The van der Waals surface area contributed by atoms with Gasteiger partial charge in [0, 0.05) is 31.9 Å². The molecule has 1 saturated heterocycles. The third kappa shape index (κ3) is 3.46. The van der Waals surface area contributed by atoms with Crippen molar-refractivity contribution in [2.24, 2.45) is 0 Å². The molecule has 0 saturated carbocycles. The lowest BCUT2D eigenvalue weighted by Gasteiger charge is -2.35. The highest BCUT2D eigenvalue weighted by Gasteiger charge is 2.24. The largest absolute Gasteiger partial charge is 0.497 e. The molecule has 2 heterocycles. The molecule has 1 aliphatic heterocycles. The van der Waals surface area contributed by atoms with Crippen molar-refractivity contribution in [1.29, 1.82) is 0 Å². The summed E-state index contributed by atoms with van der Waals surface area (Å²) >= 11 is 0. The van der Waals surface area contributed by atoms with E-state index in [1.54, 1.807) is 7.11 Å². The number of hydrogen-bond acceptors (Lipinski definition) is 5. The number of piperazine rings is 1. The fourth-order valence-electron chi connectivity index (χ4n) is 3.63. The van der Waals surface area contributed by atoms with Crippen LogP contribution in [0.5, 0.6) is 5.75 Å². The minimum atomic E-state index is 0.0424. The molecule has 0 amide bonds. The molecule has 0 unspecified atom stereocenters. The summed E-state index contributed by atoms with van der Waals surface area (Å²) in [6, 6.07) is 15.2. The van der Waals surface area contributed by atoms with Gasteiger partial charge in [0.2, 0.25) is 0 Å². The Morgan fingerprint density at radius 1 is 0.926 bits per heavy atom. The van der Waals surface area contributed by atoms with E-state index < -0.39 is 0 Å². The van der Waals surface area contributed by atoms with Gasteiger partial charge in [0.25, 0.3) is 6.01 Å². The number of para-hydroxylation sites is 1. The van der Waals surface area contributed by atoms with Crippen LogP contribution in [-0.2, 0) is 5.41 Å². The van der Waals surface area contributed by atoms with Gasteiger partial charge in [0.15, 0.2) is 5.58 Å². The van der Waals surface area contributed by atoms with Crippen molar-refractivity contribution >= 4 is 22.8 Å². The van der Waals surface area contributed by atoms with Gasteiger partial charge in [-0.2, -0.15) is 4.98 Å². The molecule has 0 N–H and O–H groups in total. The SMILES string of the molecule is COc1ccc(N2CCN(c3nc4c(C(C)(C)C)cccc4o3)CC2)cc1. The zero-order valence-corrected chi connectivity index (χ0v) is 16.5. The lowest BCUT2D eigenvalue weighted by molar-refractivity contribution is 0.415. The van der Waals surface area contributed by atoms with Crippen LogP contribution in [0, 0.1) is 0 Å². The Hall–Kier alpha value is -2.69. The fourth-order valence-corrected chi connectivity index (χ4v) is 3.63. The van der Waals surface area contributed by atoms with E-state index >= 15 is 0 Å². The van der Waals surface area contributed by atoms with Crippen LogP contribution in [0.25, 0.3) is 11.1 Å². The minimum absolute atomic E-state index is 0.0424. The quantitative estimate of drug-likeness (QED) is 0.685. The van der Waals surface area contributed by atoms with E-state index in [0.29, 0.717) is 0 Å². The molecular formula is C22H27N3O2. The number of aromatic nitrogens is 1. The van der Waals surface area contributed by atoms with Crippen molar-refractivity contribution in [2.45, 2.75) is 26.2 Å². The molecule has 1 aliphatic rings. The second-order valence-electron chi connectivity index (χ2n) is 8.07. The van der Waals surface area contributed by atoms with E-state index in [1.807, 2.05) is 18.2 Å². The predicted octanol–water partition coefficient (Wildman–Crippen LogP) is 4.46. The monoisotopic (exact) mass is 365 g/mol. The number of hydrogen-bond donors (Lipinski definition) is 0. The zero-order chi connectivity index (χ0) is 19.0. The molecule has 5 heteroatoms. The van der Waals surface area contributed by atoms with Crippen molar-refractivity contribution in [2.75, 3.05) is 43.1 Å². The number of anilines is 2. The maximum Gasteiger partial charge on any atom is 0.298 e. The van der Waals surface area contributed by atoms with Crippen molar-refractivity contribution in [3.63, 3.8) is 0 Å². The summed E-state index contributed by atoms with van der Waals surface area (Å²) in [7, 11) is 1.69. The molecule has 1 aromatic heterocycles. The van der Waals surface area contributed by atoms with Gasteiger partial charge in [-0.3, -0.25) is 0 Å². The number of nitrogens with zero attached hydrogens (tertiary/aromatic N) is 3. The summed E-state index contributed by atoms with van der Waals surface area (Å²) in [6.07, 6.45) is 0. The van der Waals surface area contributed by atoms with Gasteiger partial charge in [0.05, 0.1) is 7.11 Å². The Labute approximate surface area is 160 Å². The Kier molecular flexibility index (Phi) is 4.46. The normalized spacial score (nSPS) is 15.4. The molecule has 0 atom stereocenters. The summed E-state index contributed by atoms with van der Waals surface area (Å²) in [4.78, 5) is 9.48. The topological polar surface area (TPSA) is 41.7 Å². The van der Waals surface area contributed by atoms with Crippen LogP contribution in [0.2, 0.25) is 0 Å². The van der Waals surface area contributed by atoms with E-state index in [2.05, 4.69) is 54.8 Å². The van der Waals surface area contributed by atoms with Crippen molar-refractivity contribution in [3.05, 3.63) is 48.0 Å². The molecule has 4 rings (SSSR count). The Bertz CT molecular complexity index is 917. The van der Waals surface area contributed by atoms with E-state index in [-0.39, 0.29) is 5.41 Å². The van der Waals surface area contributed by atoms with Gasteiger partial charge < -0.3 is 19.0 Å². The van der Waals surface area contributed by atoms with Crippen LogP contribution in [-0.4, -0.2) is 38.3 Å². The third-order valence-corrected chi connectivity index (χ3v) is 5.20. The Balaban J connectivity index is 1.51. The number of rotatable bonds is 3. The summed E-state index contributed by atoms with van der Waals surface area (Å²) in [5.74, 6) is 0.888. The lowest BCUT2D eigenvalue weighted by Crippen LogP contribution is -2.46. The molecule has 2 aromatic carbocycles. The number of ether oxygens (including phenoxy) is 1. The highest BCUT2D eigenvalue weighted by atomic mass is 16.5. The highest BCUT2D eigenvalue weighted by Crippen LogP contribution is 2.32. The molecule has 142 valence electrons. The summed E-state index contributed by atoms with van der Waals surface area (Å²) in [5.41, 5.74) is 4.35. The smallest absolute Gasteiger partial charge is 0.298 e. The fraction of sp³-hybridized carbons (Fsp3) is 0.409. The maximum absolute atomic E-state index is 6.09. The summed E-state index contributed by atoms with van der Waals surface area (Å²) in [6.45, 7) is 10.3. The Morgan fingerprint density at radius 2 is 1.59 bits per heavy atom. The first kappa shape index (κ1) is 17.7. The minimum Gasteiger partial charge on any atom is -0.497 e. The molecule has 1 fully saturated rings. The van der Waals surface area contributed by atoms with Gasteiger partial charge >= 0.3 is 0 Å². The van der Waals surface area contributed by atoms with Crippen LogP contribution in [0.4, 0.5) is 11.7 Å². The van der Waals surface area contributed by atoms with Gasteiger partial charge in [-0.15, -0.1) is 0 Å². The molecule has 0 spiro atoms. The maximum atomic E-state index is 6.09. The third-order valence-electron chi connectivity index (χ3n) is 5.20. The highest BCUT2D eigenvalue weighted by molar-refractivity contribution is 5.79. The van der Waals surface area contributed by atoms with Crippen LogP contribution in [0.3, 0.4) is 0 Å². The first-order valence-corrected chi connectivity index (χ1v) is 9.50. The van der Waals surface area contributed by atoms with E-state index in [9.17, 15) is 0 Å². The first-order chi connectivity index (χ1) is 13.0. The van der Waals surface area contributed by atoms with Gasteiger partial charge in [-0.25, -0.2) is 0 Å². The van der Waals surface area contributed by atoms with Crippen LogP contribution in [0.1, 0.15) is 26.3 Å². The molecule has 0 aliphatic carbocycles. The second kappa shape index (κ2) is 6.80. The average Bonchev–Trinajstić information content (AvgIpc) is 3.11. The van der Waals surface area contributed by atoms with E-state index in [0.717, 1.165) is 49.0 Å². The molecule has 3 aromatic rings. The predicted molar refractivity (Wildman–Crippen MR) is 110 cm³/mol. The van der Waals surface area contributed by atoms with Gasteiger partial charge in [-0.05, 0) is 41.3 Å². The standard InChI is InChI=1S/C22H27N3O2/c1-22(2,3)18-6-5-7-19-20(18)23-21(27-19)25-14-12-24(13-15-25)16-8-10-17(26-4)11-9-16/h5-11H,12-15H2,1-4H3. The van der Waals surface area contributed by atoms with Gasteiger partial charge in [0.1, 0.15) is 11.3 Å².